The Labute approximate surface area is 129 Å². The van der Waals surface area contributed by atoms with E-state index < -0.39 is 11.8 Å². The number of thiocarbonyl (C=S) groups is 1. The maximum Gasteiger partial charge on any atom is 0.265 e. The summed E-state index contributed by atoms with van der Waals surface area (Å²) in [5, 5.41) is 2.64. The van der Waals surface area contributed by atoms with Gasteiger partial charge in [0.25, 0.3) is 11.8 Å². The van der Waals surface area contributed by atoms with Gasteiger partial charge >= 0.3 is 0 Å². The second-order valence-corrected chi connectivity index (χ2v) is 5.25. The van der Waals surface area contributed by atoms with E-state index in [-0.39, 0.29) is 17.2 Å². The zero-order chi connectivity index (χ0) is 15.6. The van der Waals surface area contributed by atoms with Gasteiger partial charge in [0.1, 0.15) is 5.57 Å². The molecule has 4 nitrogen and oxygen atoms in total. The Hall–Kier alpha value is -2.27. The topological polar surface area (TPSA) is 49.4 Å². The summed E-state index contributed by atoms with van der Waals surface area (Å²) in [5.41, 5.74) is 3.15. The molecular formula is C16H16N2O2S. The lowest BCUT2D eigenvalue weighted by Gasteiger charge is -2.27. The Kier molecular flexibility index (Phi) is 4.33. The maximum atomic E-state index is 12.4. The van der Waals surface area contributed by atoms with Crippen LogP contribution in [0.15, 0.2) is 36.4 Å². The van der Waals surface area contributed by atoms with Gasteiger partial charge in [-0.05, 0) is 48.8 Å². The summed E-state index contributed by atoms with van der Waals surface area (Å²) in [6, 6.07) is 5.77. The third-order valence-electron chi connectivity index (χ3n) is 3.34. The van der Waals surface area contributed by atoms with Crippen molar-refractivity contribution in [2.24, 2.45) is 0 Å². The SMILES string of the molecule is C=CCN1C(=O)/C(=C/c2ccc(C)c(C)c2)C(=O)NC1=S. The largest absolute Gasteiger partial charge is 0.298 e. The van der Waals surface area contributed by atoms with Crippen LogP contribution in [0, 0.1) is 13.8 Å². The van der Waals surface area contributed by atoms with E-state index in [0.29, 0.717) is 0 Å². The van der Waals surface area contributed by atoms with Gasteiger partial charge in [0.2, 0.25) is 0 Å². The molecule has 0 unspecified atom stereocenters. The van der Waals surface area contributed by atoms with Gasteiger partial charge in [0, 0.05) is 6.54 Å². The molecule has 2 amide bonds. The lowest BCUT2D eigenvalue weighted by Crippen LogP contribution is -2.53. The molecule has 0 radical (unpaired) electrons. The molecule has 0 aliphatic carbocycles. The van der Waals surface area contributed by atoms with Crippen LogP contribution in [0.3, 0.4) is 0 Å². The summed E-state index contributed by atoms with van der Waals surface area (Å²) >= 11 is 5.00. The summed E-state index contributed by atoms with van der Waals surface area (Å²) < 4.78 is 0. The molecule has 1 aromatic carbocycles. The van der Waals surface area contributed by atoms with Crippen LogP contribution in [0.2, 0.25) is 0 Å². The Bertz CT molecular complexity index is 677. The number of carbonyl (C=O) groups excluding carboxylic acids is 2. The second kappa shape index (κ2) is 6.01. The standard InChI is InChI=1S/C16H16N2O2S/c1-4-7-18-15(20)13(14(19)17-16(18)21)9-12-6-5-10(2)11(3)8-12/h4-6,8-9H,1,7H2,2-3H3,(H,17,19,21)/b13-9+. The number of aryl methyl sites for hydroxylation is 2. The van der Waals surface area contributed by atoms with Gasteiger partial charge < -0.3 is 0 Å². The molecule has 1 aliphatic rings. The normalized spacial score (nSPS) is 17.1. The van der Waals surface area contributed by atoms with Crippen LogP contribution in [0.25, 0.3) is 6.08 Å². The first kappa shape index (κ1) is 15.1. The molecule has 5 heteroatoms. The minimum Gasteiger partial charge on any atom is -0.298 e. The van der Waals surface area contributed by atoms with Gasteiger partial charge in [0.05, 0.1) is 0 Å². The van der Waals surface area contributed by atoms with Crippen molar-refractivity contribution in [2.45, 2.75) is 13.8 Å². The van der Waals surface area contributed by atoms with Crippen molar-refractivity contribution in [3.63, 3.8) is 0 Å². The Morgan fingerprint density at radius 2 is 2.00 bits per heavy atom. The van der Waals surface area contributed by atoms with Crippen molar-refractivity contribution in [3.8, 4) is 0 Å². The van der Waals surface area contributed by atoms with E-state index in [2.05, 4.69) is 11.9 Å². The quantitative estimate of drug-likeness (QED) is 0.402. The first-order chi connectivity index (χ1) is 9.93. The molecular weight excluding hydrogens is 284 g/mol. The smallest absolute Gasteiger partial charge is 0.265 e. The molecule has 1 fully saturated rings. The lowest BCUT2D eigenvalue weighted by molar-refractivity contribution is -0.128. The number of carbonyl (C=O) groups is 2. The van der Waals surface area contributed by atoms with Crippen molar-refractivity contribution in [1.82, 2.24) is 10.2 Å². The Morgan fingerprint density at radius 1 is 1.29 bits per heavy atom. The van der Waals surface area contributed by atoms with Gasteiger partial charge in [-0.3, -0.25) is 19.8 Å². The highest BCUT2D eigenvalue weighted by Crippen LogP contribution is 2.17. The molecule has 1 aromatic rings. The molecule has 0 aromatic heterocycles. The Balaban J connectivity index is 2.40. The molecule has 1 saturated heterocycles. The van der Waals surface area contributed by atoms with Crippen LogP contribution >= 0.6 is 12.2 Å². The molecule has 0 saturated carbocycles. The van der Waals surface area contributed by atoms with E-state index in [9.17, 15) is 9.59 Å². The second-order valence-electron chi connectivity index (χ2n) is 4.87. The minimum atomic E-state index is -0.469. The van der Waals surface area contributed by atoms with Crippen LogP contribution < -0.4 is 5.32 Å². The van der Waals surface area contributed by atoms with Crippen LogP contribution in [0.4, 0.5) is 0 Å². The predicted octanol–water partition coefficient (Wildman–Crippen LogP) is 2.12. The number of rotatable bonds is 3. The van der Waals surface area contributed by atoms with E-state index in [0.717, 1.165) is 16.7 Å². The number of nitrogens with one attached hydrogen (secondary N) is 1. The lowest BCUT2D eigenvalue weighted by atomic mass is 10.0. The van der Waals surface area contributed by atoms with E-state index in [1.54, 1.807) is 12.2 Å². The highest BCUT2D eigenvalue weighted by Gasteiger charge is 2.32. The monoisotopic (exact) mass is 300 g/mol. The van der Waals surface area contributed by atoms with Gasteiger partial charge in [0.15, 0.2) is 5.11 Å². The summed E-state index contributed by atoms with van der Waals surface area (Å²) in [7, 11) is 0. The maximum absolute atomic E-state index is 12.4. The summed E-state index contributed by atoms with van der Waals surface area (Å²) in [4.78, 5) is 25.7. The number of benzene rings is 1. The predicted molar refractivity (Wildman–Crippen MR) is 86.5 cm³/mol. The third-order valence-corrected chi connectivity index (χ3v) is 3.66. The molecule has 1 aliphatic heterocycles. The molecule has 0 spiro atoms. The zero-order valence-corrected chi connectivity index (χ0v) is 12.8. The van der Waals surface area contributed by atoms with Crippen molar-refractivity contribution in [2.75, 3.05) is 6.54 Å². The fraction of sp³-hybridized carbons (Fsp3) is 0.188. The molecule has 0 bridgehead atoms. The molecule has 2 rings (SSSR count). The van der Waals surface area contributed by atoms with E-state index in [1.807, 2.05) is 32.0 Å². The van der Waals surface area contributed by atoms with E-state index in [4.69, 9.17) is 12.2 Å². The highest BCUT2D eigenvalue weighted by molar-refractivity contribution is 7.80. The van der Waals surface area contributed by atoms with Gasteiger partial charge in [-0.1, -0.05) is 24.3 Å². The van der Waals surface area contributed by atoms with Crippen LogP contribution in [-0.2, 0) is 9.59 Å². The number of nitrogens with zero attached hydrogens (tertiary/aromatic N) is 1. The summed E-state index contributed by atoms with van der Waals surface area (Å²) in [5.74, 6) is -0.870. The average Bonchev–Trinajstić information content (AvgIpc) is 2.43. The van der Waals surface area contributed by atoms with Crippen LogP contribution in [0.5, 0.6) is 0 Å². The van der Waals surface area contributed by atoms with Crippen molar-refractivity contribution >= 4 is 35.2 Å². The summed E-state index contributed by atoms with van der Waals surface area (Å²) in [6.07, 6.45) is 3.15. The van der Waals surface area contributed by atoms with Crippen molar-refractivity contribution in [3.05, 3.63) is 53.1 Å². The third kappa shape index (κ3) is 3.08. The van der Waals surface area contributed by atoms with E-state index >= 15 is 0 Å². The first-order valence-electron chi connectivity index (χ1n) is 6.51. The fourth-order valence-corrected chi connectivity index (χ4v) is 2.26. The highest BCUT2D eigenvalue weighted by atomic mass is 32.1. The van der Waals surface area contributed by atoms with Gasteiger partial charge in [-0.15, -0.1) is 6.58 Å². The molecule has 1 heterocycles. The number of hydrogen-bond acceptors (Lipinski definition) is 3. The molecule has 1 N–H and O–H groups in total. The fourth-order valence-electron chi connectivity index (χ4n) is 2.01. The summed E-state index contributed by atoms with van der Waals surface area (Å²) in [6.45, 7) is 7.85. The van der Waals surface area contributed by atoms with Gasteiger partial charge in [-0.2, -0.15) is 0 Å². The van der Waals surface area contributed by atoms with Gasteiger partial charge in [-0.25, -0.2) is 0 Å². The van der Waals surface area contributed by atoms with Crippen molar-refractivity contribution < 1.29 is 9.59 Å². The molecule has 21 heavy (non-hydrogen) atoms. The first-order valence-corrected chi connectivity index (χ1v) is 6.92. The number of amides is 2. The number of hydrogen-bond donors (Lipinski definition) is 1. The minimum absolute atomic E-state index is 0.0775. The van der Waals surface area contributed by atoms with Crippen molar-refractivity contribution in [1.29, 1.82) is 0 Å². The average molecular weight is 300 g/mol. The molecule has 108 valence electrons. The van der Waals surface area contributed by atoms with Crippen LogP contribution in [-0.4, -0.2) is 28.4 Å². The van der Waals surface area contributed by atoms with E-state index in [1.165, 1.54) is 4.90 Å². The molecule has 0 atom stereocenters. The Morgan fingerprint density at radius 3 is 2.62 bits per heavy atom. The van der Waals surface area contributed by atoms with Crippen LogP contribution in [0.1, 0.15) is 16.7 Å². The zero-order valence-electron chi connectivity index (χ0n) is 12.0.